The van der Waals surface area contributed by atoms with Crippen LogP contribution >= 0.6 is 15.9 Å². The third-order valence-corrected chi connectivity index (χ3v) is 3.18. The molecule has 3 nitrogen and oxygen atoms in total. The molecule has 0 fully saturated rings. The lowest BCUT2D eigenvalue weighted by Gasteiger charge is -2.08. The molecule has 0 spiro atoms. The molecule has 2 rings (SSSR count). The van der Waals surface area contributed by atoms with Crippen molar-refractivity contribution in [2.75, 3.05) is 5.32 Å². The number of benzene rings is 1. The van der Waals surface area contributed by atoms with Gasteiger partial charge in [0, 0.05) is 11.5 Å². The first-order chi connectivity index (χ1) is 8.06. The smallest absolute Gasteiger partial charge is 0.125 e. The number of rotatable bonds is 3. The zero-order chi connectivity index (χ0) is 12.4. The second-order valence-corrected chi connectivity index (χ2v) is 4.73. The van der Waals surface area contributed by atoms with Crippen molar-refractivity contribution < 1.29 is 4.39 Å². The lowest BCUT2D eigenvalue weighted by Crippen LogP contribution is -2.05. The molecule has 1 N–H and O–H groups in total. The average molecular weight is 298 g/mol. The van der Waals surface area contributed by atoms with Crippen molar-refractivity contribution in [3.05, 3.63) is 45.9 Å². The van der Waals surface area contributed by atoms with Crippen LogP contribution < -0.4 is 5.32 Å². The van der Waals surface area contributed by atoms with Crippen molar-refractivity contribution in [1.82, 2.24) is 9.78 Å². The highest BCUT2D eigenvalue weighted by molar-refractivity contribution is 9.10. The fourth-order valence-electron chi connectivity index (χ4n) is 1.65. The van der Waals surface area contributed by atoms with Gasteiger partial charge in [-0.15, -0.1) is 0 Å². The van der Waals surface area contributed by atoms with E-state index in [4.69, 9.17) is 0 Å². The van der Waals surface area contributed by atoms with E-state index >= 15 is 0 Å². The Morgan fingerprint density at radius 2 is 2.18 bits per heavy atom. The van der Waals surface area contributed by atoms with Gasteiger partial charge >= 0.3 is 0 Å². The topological polar surface area (TPSA) is 29.9 Å². The Balaban J connectivity index is 2.12. The largest absolute Gasteiger partial charge is 0.378 e. The fraction of sp³-hybridized carbons (Fsp3) is 0.250. The molecule has 0 radical (unpaired) electrons. The van der Waals surface area contributed by atoms with E-state index in [0.717, 1.165) is 21.5 Å². The Labute approximate surface area is 108 Å². The molecule has 0 bridgehead atoms. The number of nitrogens with one attached hydrogen (secondary N) is 1. The SMILES string of the molecule is Cc1cc(CNc2cc(F)ccc2Br)n(C)n1. The van der Waals surface area contributed by atoms with Gasteiger partial charge in [0.1, 0.15) is 5.82 Å². The number of hydrogen-bond donors (Lipinski definition) is 1. The van der Waals surface area contributed by atoms with Crippen LogP contribution in [0.2, 0.25) is 0 Å². The number of anilines is 1. The van der Waals surface area contributed by atoms with Crippen LogP contribution in [0.4, 0.5) is 10.1 Å². The maximum absolute atomic E-state index is 13.1. The predicted octanol–water partition coefficient (Wildman–Crippen LogP) is 3.24. The minimum atomic E-state index is -0.253. The summed E-state index contributed by atoms with van der Waals surface area (Å²) in [6.45, 7) is 2.56. The number of halogens is 2. The first-order valence-electron chi connectivity index (χ1n) is 5.24. The molecule has 1 aromatic heterocycles. The molecule has 17 heavy (non-hydrogen) atoms. The number of aryl methyl sites for hydroxylation is 2. The van der Waals surface area contributed by atoms with E-state index in [-0.39, 0.29) is 5.82 Å². The Hall–Kier alpha value is -1.36. The standard InChI is InChI=1S/C12H13BrFN3/c1-8-5-10(17(2)16-8)7-15-12-6-9(14)3-4-11(12)13/h3-6,15H,7H2,1-2H3. The molecule has 5 heteroatoms. The Morgan fingerprint density at radius 1 is 1.41 bits per heavy atom. The quantitative estimate of drug-likeness (QED) is 0.942. The molecule has 2 aromatic rings. The summed E-state index contributed by atoms with van der Waals surface area (Å²) in [7, 11) is 1.89. The first kappa shape index (κ1) is 12.1. The highest BCUT2D eigenvalue weighted by Gasteiger charge is 2.04. The minimum Gasteiger partial charge on any atom is -0.378 e. The molecule has 1 aromatic carbocycles. The van der Waals surface area contributed by atoms with E-state index in [1.54, 1.807) is 6.07 Å². The van der Waals surface area contributed by atoms with Gasteiger partial charge in [-0.3, -0.25) is 4.68 Å². The van der Waals surface area contributed by atoms with Gasteiger partial charge in [0.25, 0.3) is 0 Å². The maximum Gasteiger partial charge on any atom is 0.125 e. The number of nitrogens with zero attached hydrogens (tertiary/aromatic N) is 2. The van der Waals surface area contributed by atoms with Gasteiger partial charge in [-0.2, -0.15) is 5.10 Å². The maximum atomic E-state index is 13.1. The zero-order valence-corrected chi connectivity index (χ0v) is 11.3. The van der Waals surface area contributed by atoms with E-state index in [1.165, 1.54) is 12.1 Å². The number of aromatic nitrogens is 2. The van der Waals surface area contributed by atoms with Gasteiger partial charge in [-0.1, -0.05) is 0 Å². The van der Waals surface area contributed by atoms with E-state index in [2.05, 4.69) is 26.3 Å². The average Bonchev–Trinajstić information content (AvgIpc) is 2.59. The second-order valence-electron chi connectivity index (χ2n) is 3.88. The predicted molar refractivity (Wildman–Crippen MR) is 69.4 cm³/mol. The third kappa shape index (κ3) is 2.85. The van der Waals surface area contributed by atoms with Crippen molar-refractivity contribution >= 4 is 21.6 Å². The summed E-state index contributed by atoms with van der Waals surface area (Å²) in [6, 6.07) is 6.57. The van der Waals surface area contributed by atoms with Gasteiger partial charge in [0.15, 0.2) is 0 Å². The summed E-state index contributed by atoms with van der Waals surface area (Å²) >= 11 is 3.38. The van der Waals surface area contributed by atoms with E-state index in [0.29, 0.717) is 6.54 Å². The van der Waals surface area contributed by atoms with Crippen LogP contribution in [0.25, 0.3) is 0 Å². The zero-order valence-electron chi connectivity index (χ0n) is 9.67. The first-order valence-corrected chi connectivity index (χ1v) is 6.04. The van der Waals surface area contributed by atoms with Gasteiger partial charge in [-0.05, 0) is 47.1 Å². The molecule has 1 heterocycles. The van der Waals surface area contributed by atoms with Crippen molar-refractivity contribution in [3.8, 4) is 0 Å². The van der Waals surface area contributed by atoms with Crippen molar-refractivity contribution in [2.24, 2.45) is 7.05 Å². The third-order valence-electron chi connectivity index (χ3n) is 2.49. The van der Waals surface area contributed by atoms with E-state index in [1.807, 2.05) is 24.7 Å². The van der Waals surface area contributed by atoms with E-state index in [9.17, 15) is 4.39 Å². The highest BCUT2D eigenvalue weighted by Crippen LogP contribution is 2.23. The molecule has 0 atom stereocenters. The van der Waals surface area contributed by atoms with Crippen LogP contribution in [0.1, 0.15) is 11.4 Å². The van der Waals surface area contributed by atoms with Crippen LogP contribution in [-0.2, 0) is 13.6 Å². The van der Waals surface area contributed by atoms with Gasteiger partial charge in [-0.25, -0.2) is 4.39 Å². The van der Waals surface area contributed by atoms with Gasteiger partial charge in [0.05, 0.1) is 23.6 Å². The minimum absolute atomic E-state index is 0.253. The lowest BCUT2D eigenvalue weighted by atomic mass is 10.3. The molecule has 0 unspecified atom stereocenters. The van der Waals surface area contributed by atoms with Crippen molar-refractivity contribution in [2.45, 2.75) is 13.5 Å². The summed E-state index contributed by atoms with van der Waals surface area (Å²) in [4.78, 5) is 0. The number of hydrogen-bond acceptors (Lipinski definition) is 2. The van der Waals surface area contributed by atoms with Crippen molar-refractivity contribution in [1.29, 1.82) is 0 Å². The van der Waals surface area contributed by atoms with Crippen LogP contribution in [-0.4, -0.2) is 9.78 Å². The second kappa shape index (κ2) is 4.87. The summed E-state index contributed by atoms with van der Waals surface area (Å²) < 4.78 is 15.7. The van der Waals surface area contributed by atoms with Crippen LogP contribution in [0.15, 0.2) is 28.7 Å². The van der Waals surface area contributed by atoms with Crippen LogP contribution in [0.5, 0.6) is 0 Å². The molecule has 0 amide bonds. The van der Waals surface area contributed by atoms with E-state index < -0.39 is 0 Å². The van der Waals surface area contributed by atoms with Gasteiger partial charge in [0.2, 0.25) is 0 Å². The summed E-state index contributed by atoms with van der Waals surface area (Å²) in [5.41, 5.74) is 2.77. The van der Waals surface area contributed by atoms with Crippen LogP contribution in [0.3, 0.4) is 0 Å². The summed E-state index contributed by atoms with van der Waals surface area (Å²) in [6.07, 6.45) is 0. The molecular weight excluding hydrogens is 285 g/mol. The monoisotopic (exact) mass is 297 g/mol. The molecular formula is C12H13BrFN3. The molecule has 0 saturated carbocycles. The molecule has 0 saturated heterocycles. The van der Waals surface area contributed by atoms with Crippen LogP contribution in [0, 0.1) is 12.7 Å². The molecule has 0 aliphatic carbocycles. The highest BCUT2D eigenvalue weighted by atomic mass is 79.9. The lowest BCUT2D eigenvalue weighted by molar-refractivity contribution is 0.628. The summed E-state index contributed by atoms with van der Waals surface area (Å²) in [5.74, 6) is -0.253. The Bertz CT molecular complexity index is 537. The summed E-state index contributed by atoms with van der Waals surface area (Å²) in [5, 5.41) is 7.43. The van der Waals surface area contributed by atoms with Gasteiger partial charge < -0.3 is 5.32 Å². The fourth-order valence-corrected chi connectivity index (χ4v) is 2.04. The molecule has 0 aliphatic heterocycles. The Kier molecular flexibility index (Phi) is 3.47. The van der Waals surface area contributed by atoms with Crippen molar-refractivity contribution in [3.63, 3.8) is 0 Å². The normalized spacial score (nSPS) is 10.6. The Morgan fingerprint density at radius 3 is 2.82 bits per heavy atom. The molecule has 0 aliphatic rings. The molecule has 90 valence electrons.